The second kappa shape index (κ2) is 8.96. The summed E-state index contributed by atoms with van der Waals surface area (Å²) in [5.74, 6) is 0.194. The van der Waals surface area contributed by atoms with Gasteiger partial charge in [0.25, 0.3) is 0 Å². The Bertz CT molecular complexity index is 1240. The molecule has 0 radical (unpaired) electrons. The third-order valence-corrected chi connectivity index (χ3v) is 8.27. The van der Waals surface area contributed by atoms with Gasteiger partial charge in [0.15, 0.2) is 0 Å². The summed E-state index contributed by atoms with van der Waals surface area (Å²) in [7, 11) is -4.66. The zero-order valence-electron chi connectivity index (χ0n) is 19.3. The second-order valence-corrected chi connectivity index (χ2v) is 12.8. The quantitative estimate of drug-likeness (QED) is 0.630. The number of para-hydroxylation sites is 1. The van der Waals surface area contributed by atoms with Crippen molar-refractivity contribution in [2.24, 2.45) is 0 Å². The van der Waals surface area contributed by atoms with Crippen LogP contribution >= 0.6 is 0 Å². The molecule has 1 amide bonds. The Kier molecular flexibility index (Phi) is 6.79. The van der Waals surface area contributed by atoms with Crippen LogP contribution in [0.4, 0.5) is 5.69 Å². The highest BCUT2D eigenvalue weighted by molar-refractivity contribution is 7.92. The van der Waals surface area contributed by atoms with Gasteiger partial charge in [-0.05, 0) is 44.2 Å². The monoisotopic (exact) mass is 495 g/mol. The third kappa shape index (κ3) is 5.66. The van der Waals surface area contributed by atoms with Crippen molar-refractivity contribution in [3.8, 4) is 5.75 Å². The lowest BCUT2D eigenvalue weighted by Gasteiger charge is -2.38. The minimum absolute atomic E-state index is 0.0233. The van der Waals surface area contributed by atoms with E-state index in [-0.39, 0.29) is 16.6 Å². The average Bonchev–Trinajstić information content (AvgIpc) is 2.70. The topological polar surface area (TPSA) is 113 Å². The van der Waals surface area contributed by atoms with Crippen molar-refractivity contribution >= 4 is 31.6 Å². The molecule has 11 heteroatoms. The fraction of sp³-hybridized carbons (Fsp3) is 0.409. The first-order chi connectivity index (χ1) is 15.2. The van der Waals surface area contributed by atoms with Crippen molar-refractivity contribution in [1.82, 2.24) is 9.62 Å². The number of rotatable bonds is 7. The van der Waals surface area contributed by atoms with Gasteiger partial charge in [-0.15, -0.1) is 0 Å². The molecule has 2 aromatic rings. The van der Waals surface area contributed by atoms with Crippen molar-refractivity contribution in [1.29, 1.82) is 0 Å². The molecule has 0 saturated heterocycles. The molecule has 0 fully saturated rings. The molecule has 0 spiro atoms. The zero-order valence-corrected chi connectivity index (χ0v) is 20.9. The Hall–Kier alpha value is -2.63. The van der Waals surface area contributed by atoms with E-state index in [2.05, 4.69) is 5.32 Å². The lowest BCUT2D eigenvalue weighted by atomic mass is 9.89. The van der Waals surface area contributed by atoms with Crippen LogP contribution < -0.4 is 14.4 Å². The first-order valence-electron chi connectivity index (χ1n) is 10.3. The molecule has 1 aliphatic heterocycles. The molecule has 2 aromatic carbocycles. The number of nitrogens with one attached hydrogen (secondary N) is 1. The van der Waals surface area contributed by atoms with E-state index in [1.807, 2.05) is 38.1 Å². The van der Waals surface area contributed by atoms with E-state index in [0.29, 0.717) is 12.2 Å². The fourth-order valence-electron chi connectivity index (χ4n) is 3.70. The number of anilines is 1. The summed E-state index contributed by atoms with van der Waals surface area (Å²) in [4.78, 5) is 12.9. The second-order valence-electron chi connectivity index (χ2n) is 8.77. The number of sulfonamides is 2. The fourth-order valence-corrected chi connectivity index (χ4v) is 5.45. The van der Waals surface area contributed by atoms with Crippen LogP contribution in [0.3, 0.4) is 0 Å². The number of fused-ring (bicyclic) bond motifs is 1. The molecule has 180 valence electrons. The van der Waals surface area contributed by atoms with Crippen LogP contribution in [0.25, 0.3) is 0 Å². The van der Waals surface area contributed by atoms with E-state index in [4.69, 9.17) is 4.74 Å². The molecule has 33 heavy (non-hydrogen) atoms. The number of hydrogen-bond acceptors (Lipinski definition) is 6. The Morgan fingerprint density at radius 1 is 1.06 bits per heavy atom. The van der Waals surface area contributed by atoms with Gasteiger partial charge in [0.2, 0.25) is 26.0 Å². The summed E-state index contributed by atoms with van der Waals surface area (Å²) in [6.45, 7) is 3.40. The Balaban J connectivity index is 1.83. The molecule has 9 nitrogen and oxygen atoms in total. The van der Waals surface area contributed by atoms with E-state index in [1.54, 1.807) is 0 Å². The van der Waals surface area contributed by atoms with Gasteiger partial charge in [-0.1, -0.05) is 18.2 Å². The van der Waals surface area contributed by atoms with Crippen molar-refractivity contribution in [3.63, 3.8) is 0 Å². The standard InChI is InChI=1S/C22H29N3O6S2/c1-22(2)14-19(18-8-6-7-9-20(18)31-22)23-21(26)15-25(32(5,27)28)16-10-12-17(13-11-16)33(29,30)24(3)4/h6-13,19H,14-15H2,1-5H3,(H,23,26). The van der Waals surface area contributed by atoms with Crippen LogP contribution in [0.2, 0.25) is 0 Å². The van der Waals surface area contributed by atoms with Crippen molar-refractivity contribution < 1.29 is 26.4 Å². The average molecular weight is 496 g/mol. The van der Waals surface area contributed by atoms with Gasteiger partial charge in [0, 0.05) is 26.1 Å². The molecule has 3 rings (SSSR count). The minimum atomic E-state index is -3.81. The van der Waals surface area contributed by atoms with Crippen LogP contribution in [-0.2, 0) is 24.8 Å². The van der Waals surface area contributed by atoms with E-state index in [9.17, 15) is 21.6 Å². The van der Waals surface area contributed by atoms with Gasteiger partial charge < -0.3 is 10.1 Å². The number of carbonyl (C=O) groups is 1. The SMILES string of the molecule is CN(C)S(=O)(=O)c1ccc(N(CC(=O)NC2CC(C)(C)Oc3ccccc32)S(C)(=O)=O)cc1. The molecule has 0 saturated carbocycles. The number of carbonyl (C=O) groups excluding carboxylic acids is 1. The Morgan fingerprint density at radius 2 is 1.67 bits per heavy atom. The van der Waals surface area contributed by atoms with Crippen molar-refractivity contribution in [3.05, 3.63) is 54.1 Å². The van der Waals surface area contributed by atoms with Gasteiger partial charge in [0.05, 0.1) is 22.9 Å². The van der Waals surface area contributed by atoms with E-state index in [1.165, 1.54) is 38.4 Å². The van der Waals surface area contributed by atoms with Gasteiger partial charge in [-0.25, -0.2) is 21.1 Å². The molecule has 0 aromatic heterocycles. The molecule has 0 aliphatic carbocycles. The third-order valence-electron chi connectivity index (χ3n) is 5.30. The number of nitrogens with zero attached hydrogens (tertiary/aromatic N) is 2. The maximum atomic E-state index is 12.9. The predicted molar refractivity (Wildman–Crippen MR) is 126 cm³/mol. The number of ether oxygens (including phenoxy) is 1. The van der Waals surface area contributed by atoms with Crippen molar-refractivity contribution in [2.45, 2.75) is 36.8 Å². The summed E-state index contributed by atoms with van der Waals surface area (Å²) in [6, 6.07) is 12.4. The number of benzene rings is 2. The van der Waals surface area contributed by atoms with E-state index >= 15 is 0 Å². The highest BCUT2D eigenvalue weighted by Gasteiger charge is 2.35. The van der Waals surface area contributed by atoms with Gasteiger partial charge in [-0.3, -0.25) is 9.10 Å². The summed E-state index contributed by atoms with van der Waals surface area (Å²) in [6.07, 6.45) is 1.52. The van der Waals surface area contributed by atoms with Crippen LogP contribution in [0.1, 0.15) is 31.9 Å². The maximum absolute atomic E-state index is 12.9. The Morgan fingerprint density at radius 3 is 2.24 bits per heavy atom. The predicted octanol–water partition coefficient (Wildman–Crippen LogP) is 2.12. The highest BCUT2D eigenvalue weighted by atomic mass is 32.2. The lowest BCUT2D eigenvalue weighted by Crippen LogP contribution is -2.45. The van der Waals surface area contributed by atoms with Crippen LogP contribution in [0, 0.1) is 0 Å². The summed E-state index contributed by atoms with van der Waals surface area (Å²) < 4.78 is 57.5. The molecule has 1 aliphatic rings. The van der Waals surface area contributed by atoms with Crippen molar-refractivity contribution in [2.75, 3.05) is 31.2 Å². The highest BCUT2D eigenvalue weighted by Crippen LogP contribution is 2.39. The van der Waals surface area contributed by atoms with E-state index < -0.39 is 38.1 Å². The van der Waals surface area contributed by atoms with Gasteiger partial charge in [-0.2, -0.15) is 0 Å². The van der Waals surface area contributed by atoms with Crippen LogP contribution in [-0.4, -0.2) is 59.5 Å². The van der Waals surface area contributed by atoms with Gasteiger partial charge >= 0.3 is 0 Å². The summed E-state index contributed by atoms with van der Waals surface area (Å²) >= 11 is 0. The first-order valence-corrected chi connectivity index (χ1v) is 13.6. The van der Waals surface area contributed by atoms with E-state index in [0.717, 1.165) is 20.4 Å². The minimum Gasteiger partial charge on any atom is -0.487 e. The first kappa shape index (κ1) is 25.0. The molecule has 1 atom stereocenters. The molecular formula is C22H29N3O6S2. The maximum Gasteiger partial charge on any atom is 0.242 e. The van der Waals surface area contributed by atoms with Crippen LogP contribution in [0.15, 0.2) is 53.4 Å². The number of hydrogen-bond donors (Lipinski definition) is 1. The molecular weight excluding hydrogens is 466 g/mol. The molecule has 1 N–H and O–H groups in total. The molecule has 0 bridgehead atoms. The van der Waals surface area contributed by atoms with Crippen LogP contribution in [0.5, 0.6) is 5.75 Å². The molecule has 1 unspecified atom stereocenters. The molecule has 1 heterocycles. The summed E-state index contributed by atoms with van der Waals surface area (Å²) in [5, 5.41) is 2.93. The number of amides is 1. The Labute approximate surface area is 195 Å². The van der Waals surface area contributed by atoms with Gasteiger partial charge in [0.1, 0.15) is 17.9 Å². The normalized spacial score (nSPS) is 17.7. The summed E-state index contributed by atoms with van der Waals surface area (Å²) in [5.41, 5.74) is 0.517. The largest absolute Gasteiger partial charge is 0.487 e. The lowest BCUT2D eigenvalue weighted by molar-refractivity contribution is -0.120. The smallest absolute Gasteiger partial charge is 0.242 e. The zero-order chi connectivity index (χ0) is 24.6.